The first kappa shape index (κ1) is 21.7. The number of hydrogen-bond donors (Lipinski definition) is 3. The summed E-state index contributed by atoms with van der Waals surface area (Å²) in [6, 6.07) is 16.2. The molecule has 4 aromatic rings. The third kappa shape index (κ3) is 4.87. The molecule has 0 aliphatic rings. The van der Waals surface area contributed by atoms with Crippen molar-refractivity contribution in [3.05, 3.63) is 83.8 Å². The number of nitrogens with zero attached hydrogens (tertiary/aromatic N) is 4. The predicted octanol–water partition coefficient (Wildman–Crippen LogP) is 3.05. The number of anilines is 3. The molecule has 9 heteroatoms. The van der Waals surface area contributed by atoms with E-state index in [1.54, 1.807) is 30.5 Å². The fraction of sp³-hybridized carbons (Fsp3) is 0.125. The van der Waals surface area contributed by atoms with Crippen LogP contribution in [0.2, 0.25) is 0 Å². The lowest BCUT2D eigenvalue weighted by Crippen LogP contribution is -2.14. The molecule has 0 spiro atoms. The van der Waals surface area contributed by atoms with Crippen LogP contribution in [-0.4, -0.2) is 40.9 Å². The molecule has 2 aromatic heterocycles. The molecule has 0 saturated carbocycles. The van der Waals surface area contributed by atoms with Gasteiger partial charge in [0.05, 0.1) is 16.6 Å². The molecule has 0 fully saturated rings. The van der Waals surface area contributed by atoms with Crippen LogP contribution in [0.3, 0.4) is 0 Å². The molecule has 0 radical (unpaired) electrons. The van der Waals surface area contributed by atoms with Crippen molar-refractivity contribution in [2.75, 3.05) is 29.6 Å². The van der Waals surface area contributed by atoms with Gasteiger partial charge in [-0.05, 0) is 42.0 Å². The van der Waals surface area contributed by atoms with E-state index < -0.39 is 5.91 Å². The van der Waals surface area contributed by atoms with E-state index in [2.05, 4.69) is 25.6 Å². The fourth-order valence-corrected chi connectivity index (χ4v) is 3.36. The molecule has 4 N–H and O–H groups in total. The summed E-state index contributed by atoms with van der Waals surface area (Å²) in [6.07, 6.45) is 2.94. The molecular formula is C24H23N7O2. The highest BCUT2D eigenvalue weighted by Gasteiger charge is 2.11. The van der Waals surface area contributed by atoms with Crippen LogP contribution in [0.1, 0.15) is 26.3 Å². The van der Waals surface area contributed by atoms with Crippen LogP contribution in [-0.2, 0) is 6.54 Å². The van der Waals surface area contributed by atoms with E-state index in [1.165, 1.54) is 6.33 Å². The molecule has 166 valence electrons. The van der Waals surface area contributed by atoms with E-state index >= 15 is 0 Å². The van der Waals surface area contributed by atoms with Crippen LogP contribution in [0.15, 0.2) is 67.1 Å². The van der Waals surface area contributed by atoms with Gasteiger partial charge in [-0.1, -0.05) is 18.2 Å². The zero-order chi connectivity index (χ0) is 23.4. The summed E-state index contributed by atoms with van der Waals surface area (Å²) in [5.74, 6) is 0.586. The van der Waals surface area contributed by atoms with Crippen LogP contribution in [0.25, 0.3) is 10.9 Å². The molecule has 0 atom stereocenters. The average Bonchev–Trinajstić information content (AvgIpc) is 2.82. The minimum absolute atomic E-state index is 0.237. The van der Waals surface area contributed by atoms with Gasteiger partial charge in [0.1, 0.15) is 18.0 Å². The number of benzene rings is 2. The summed E-state index contributed by atoms with van der Waals surface area (Å²) in [6.45, 7) is 0.454. The second-order valence-electron chi connectivity index (χ2n) is 7.60. The van der Waals surface area contributed by atoms with Crippen molar-refractivity contribution in [1.29, 1.82) is 0 Å². The van der Waals surface area contributed by atoms with Gasteiger partial charge in [-0.15, -0.1) is 0 Å². The summed E-state index contributed by atoms with van der Waals surface area (Å²) in [4.78, 5) is 38.9. The van der Waals surface area contributed by atoms with Gasteiger partial charge in [-0.2, -0.15) is 0 Å². The van der Waals surface area contributed by atoms with Gasteiger partial charge in [0.2, 0.25) is 0 Å². The lowest BCUT2D eigenvalue weighted by molar-refractivity contribution is 0.0998. The molecule has 0 aliphatic carbocycles. The fourth-order valence-electron chi connectivity index (χ4n) is 3.36. The largest absolute Gasteiger partial charge is 0.366 e. The molecular weight excluding hydrogens is 418 g/mol. The SMILES string of the molecule is CN(C)c1ccc(C(=O)Nc2cccc(CNc3ncnc4c(C(N)=O)cccc34)c2)cn1. The van der Waals surface area contributed by atoms with Gasteiger partial charge in [0.25, 0.3) is 11.8 Å². The summed E-state index contributed by atoms with van der Waals surface area (Å²) >= 11 is 0. The number of pyridine rings is 1. The Balaban J connectivity index is 1.47. The normalized spacial score (nSPS) is 10.6. The number of fused-ring (bicyclic) bond motifs is 1. The number of amides is 2. The molecule has 0 aliphatic heterocycles. The second-order valence-corrected chi connectivity index (χ2v) is 7.60. The van der Waals surface area contributed by atoms with E-state index in [0.29, 0.717) is 40.1 Å². The first-order valence-corrected chi connectivity index (χ1v) is 10.2. The number of para-hydroxylation sites is 1. The second kappa shape index (κ2) is 9.31. The number of nitrogens with one attached hydrogen (secondary N) is 2. The molecule has 0 unspecified atom stereocenters. The lowest BCUT2D eigenvalue weighted by atomic mass is 10.1. The van der Waals surface area contributed by atoms with Crippen molar-refractivity contribution in [3.63, 3.8) is 0 Å². The Kier molecular flexibility index (Phi) is 6.12. The Labute approximate surface area is 190 Å². The minimum Gasteiger partial charge on any atom is -0.366 e. The topological polar surface area (TPSA) is 126 Å². The quantitative estimate of drug-likeness (QED) is 0.402. The van der Waals surface area contributed by atoms with Crippen LogP contribution < -0.4 is 21.3 Å². The van der Waals surface area contributed by atoms with Crippen molar-refractivity contribution < 1.29 is 9.59 Å². The van der Waals surface area contributed by atoms with Gasteiger partial charge >= 0.3 is 0 Å². The van der Waals surface area contributed by atoms with Gasteiger partial charge in [-0.25, -0.2) is 15.0 Å². The number of primary amides is 1. The van der Waals surface area contributed by atoms with Crippen molar-refractivity contribution in [2.24, 2.45) is 5.73 Å². The van der Waals surface area contributed by atoms with Gasteiger partial charge < -0.3 is 21.3 Å². The zero-order valence-electron chi connectivity index (χ0n) is 18.2. The smallest absolute Gasteiger partial charge is 0.257 e. The molecule has 9 nitrogen and oxygen atoms in total. The van der Waals surface area contributed by atoms with Crippen LogP contribution in [0.4, 0.5) is 17.3 Å². The van der Waals surface area contributed by atoms with Gasteiger partial charge in [-0.3, -0.25) is 9.59 Å². The Morgan fingerprint density at radius 2 is 1.82 bits per heavy atom. The Hall–Kier alpha value is -4.53. The molecule has 33 heavy (non-hydrogen) atoms. The maximum Gasteiger partial charge on any atom is 0.257 e. The van der Waals surface area contributed by atoms with Gasteiger partial charge in [0.15, 0.2) is 0 Å². The lowest BCUT2D eigenvalue weighted by Gasteiger charge is -2.12. The number of hydrogen-bond acceptors (Lipinski definition) is 7. The highest BCUT2D eigenvalue weighted by Crippen LogP contribution is 2.23. The van der Waals surface area contributed by atoms with Crippen molar-refractivity contribution >= 4 is 40.0 Å². The van der Waals surface area contributed by atoms with Crippen LogP contribution in [0, 0.1) is 0 Å². The zero-order valence-corrected chi connectivity index (χ0v) is 18.2. The standard InChI is InChI=1S/C24H23N7O2/c1-31(2)20-10-9-16(13-26-20)24(33)30-17-6-3-5-15(11-17)12-27-23-19-8-4-7-18(22(25)32)21(19)28-14-29-23/h3-11,13-14H,12H2,1-2H3,(H2,25,32)(H,30,33)(H,27,28,29). The van der Waals surface area contributed by atoms with E-state index in [4.69, 9.17) is 5.73 Å². The van der Waals surface area contributed by atoms with E-state index in [1.807, 2.05) is 49.3 Å². The third-order valence-electron chi connectivity index (χ3n) is 5.04. The van der Waals surface area contributed by atoms with Crippen molar-refractivity contribution in [2.45, 2.75) is 6.54 Å². The number of aromatic nitrogens is 3. The van der Waals surface area contributed by atoms with E-state index in [0.717, 1.165) is 11.4 Å². The Morgan fingerprint density at radius 1 is 1.00 bits per heavy atom. The summed E-state index contributed by atoms with van der Waals surface area (Å²) < 4.78 is 0. The van der Waals surface area contributed by atoms with Gasteiger partial charge in [0, 0.05) is 37.9 Å². The maximum atomic E-state index is 12.6. The average molecular weight is 441 g/mol. The monoisotopic (exact) mass is 441 g/mol. The van der Waals surface area contributed by atoms with E-state index in [-0.39, 0.29) is 5.91 Å². The highest BCUT2D eigenvalue weighted by atomic mass is 16.2. The summed E-state index contributed by atoms with van der Waals surface area (Å²) in [5.41, 5.74) is 8.37. The molecule has 0 bridgehead atoms. The molecule has 2 aromatic carbocycles. The Bertz CT molecular complexity index is 1320. The third-order valence-corrected chi connectivity index (χ3v) is 5.04. The molecule has 2 heterocycles. The number of rotatable bonds is 7. The first-order valence-electron chi connectivity index (χ1n) is 10.2. The number of nitrogens with two attached hydrogens (primary N) is 1. The molecule has 4 rings (SSSR count). The van der Waals surface area contributed by atoms with Crippen molar-refractivity contribution in [1.82, 2.24) is 15.0 Å². The van der Waals surface area contributed by atoms with Crippen molar-refractivity contribution in [3.8, 4) is 0 Å². The Morgan fingerprint density at radius 3 is 2.55 bits per heavy atom. The summed E-state index contributed by atoms with van der Waals surface area (Å²) in [5, 5.41) is 6.87. The van der Waals surface area contributed by atoms with E-state index in [9.17, 15) is 9.59 Å². The number of carbonyl (C=O) groups excluding carboxylic acids is 2. The number of carbonyl (C=O) groups is 2. The van der Waals surface area contributed by atoms with Crippen LogP contribution >= 0.6 is 0 Å². The molecule has 0 saturated heterocycles. The summed E-state index contributed by atoms with van der Waals surface area (Å²) in [7, 11) is 3.78. The van der Waals surface area contributed by atoms with Crippen LogP contribution in [0.5, 0.6) is 0 Å². The molecule has 2 amide bonds. The maximum absolute atomic E-state index is 12.6. The first-order chi connectivity index (χ1) is 15.9. The minimum atomic E-state index is -0.541. The predicted molar refractivity (Wildman–Crippen MR) is 128 cm³/mol. The highest BCUT2D eigenvalue weighted by molar-refractivity contribution is 6.07.